The third kappa shape index (κ3) is 8.32. The lowest BCUT2D eigenvalue weighted by Gasteiger charge is -2.23. The summed E-state index contributed by atoms with van der Waals surface area (Å²) < 4.78 is 11.1. The zero-order valence-corrected chi connectivity index (χ0v) is 12.2. The summed E-state index contributed by atoms with van der Waals surface area (Å²) in [5.41, 5.74) is 5.63. The summed E-state index contributed by atoms with van der Waals surface area (Å²) in [5.74, 6) is 0.0346. The monoisotopic (exact) mass is 262 g/mol. The van der Waals surface area contributed by atoms with E-state index in [2.05, 4.69) is 19.2 Å². The second-order valence-electron chi connectivity index (χ2n) is 5.32. The van der Waals surface area contributed by atoms with E-state index in [1.807, 2.05) is 6.92 Å². The Morgan fingerprint density at radius 3 is 2.47 bits per heavy atom. The van der Waals surface area contributed by atoms with E-state index in [-0.39, 0.29) is 16.6 Å². The van der Waals surface area contributed by atoms with Crippen LogP contribution in [0.1, 0.15) is 40.0 Å². The molecule has 5 heteroatoms. The minimum atomic E-state index is -0.882. The zero-order chi connectivity index (χ0) is 13.5. The van der Waals surface area contributed by atoms with Crippen LogP contribution in [0, 0.1) is 5.41 Å². The lowest BCUT2D eigenvalue weighted by atomic mass is 9.84. The molecule has 0 saturated carbocycles. The Morgan fingerprint density at radius 1 is 1.41 bits per heavy atom. The Bertz CT molecular complexity index is 267. The van der Waals surface area contributed by atoms with Crippen LogP contribution in [0.25, 0.3) is 0 Å². The SMILES string of the molecule is CC(CNC(=O)CCC(C)(C)CCN)S(C)=O. The number of nitrogens with two attached hydrogens (primary N) is 1. The largest absolute Gasteiger partial charge is 0.355 e. The molecule has 2 atom stereocenters. The molecule has 0 heterocycles. The van der Waals surface area contributed by atoms with Gasteiger partial charge < -0.3 is 11.1 Å². The van der Waals surface area contributed by atoms with E-state index in [9.17, 15) is 9.00 Å². The maximum absolute atomic E-state index is 11.6. The van der Waals surface area contributed by atoms with Gasteiger partial charge in [0.2, 0.25) is 5.91 Å². The molecular formula is C12H26N2O2S. The van der Waals surface area contributed by atoms with Gasteiger partial charge in [0.05, 0.1) is 0 Å². The standard InChI is InChI=1S/C12H26N2O2S/c1-10(17(4)16)9-14-11(15)5-6-12(2,3)7-8-13/h10H,5-9,13H2,1-4H3,(H,14,15). The van der Waals surface area contributed by atoms with Gasteiger partial charge >= 0.3 is 0 Å². The molecule has 0 rings (SSSR count). The second kappa shape index (κ2) is 7.82. The molecule has 0 aliphatic heterocycles. The lowest BCUT2D eigenvalue weighted by molar-refractivity contribution is -0.121. The molecule has 17 heavy (non-hydrogen) atoms. The molecule has 0 aliphatic carbocycles. The summed E-state index contributed by atoms with van der Waals surface area (Å²) in [4.78, 5) is 11.6. The lowest BCUT2D eigenvalue weighted by Crippen LogP contribution is -2.33. The van der Waals surface area contributed by atoms with Crippen LogP contribution in [0.4, 0.5) is 0 Å². The molecule has 0 aliphatic rings. The molecule has 0 aromatic rings. The fraction of sp³-hybridized carbons (Fsp3) is 0.917. The second-order valence-corrected chi connectivity index (χ2v) is 7.12. The Morgan fingerprint density at radius 2 is 2.00 bits per heavy atom. The van der Waals surface area contributed by atoms with Gasteiger partial charge in [-0.1, -0.05) is 13.8 Å². The van der Waals surface area contributed by atoms with Crippen molar-refractivity contribution in [3.8, 4) is 0 Å². The highest BCUT2D eigenvalue weighted by molar-refractivity contribution is 7.84. The minimum Gasteiger partial charge on any atom is -0.355 e. The average Bonchev–Trinajstić information content (AvgIpc) is 2.22. The van der Waals surface area contributed by atoms with Crippen molar-refractivity contribution >= 4 is 16.7 Å². The van der Waals surface area contributed by atoms with Gasteiger partial charge in [0.15, 0.2) is 0 Å². The highest BCUT2D eigenvalue weighted by Gasteiger charge is 2.18. The normalized spacial score (nSPS) is 15.4. The maximum Gasteiger partial charge on any atom is 0.220 e. The molecule has 0 saturated heterocycles. The predicted molar refractivity (Wildman–Crippen MR) is 73.2 cm³/mol. The van der Waals surface area contributed by atoms with Crippen LogP contribution in [-0.4, -0.2) is 34.7 Å². The fourth-order valence-electron chi connectivity index (χ4n) is 1.43. The first-order valence-corrected chi connectivity index (χ1v) is 7.69. The van der Waals surface area contributed by atoms with Crippen LogP contribution >= 0.6 is 0 Å². The molecule has 0 spiro atoms. The van der Waals surface area contributed by atoms with Gasteiger partial charge in [-0.05, 0) is 31.7 Å². The number of hydrogen-bond donors (Lipinski definition) is 2. The Labute approximate surface area is 107 Å². The fourth-order valence-corrected chi connectivity index (χ4v) is 1.75. The molecular weight excluding hydrogens is 236 g/mol. The Hall–Kier alpha value is -0.420. The summed E-state index contributed by atoms with van der Waals surface area (Å²) in [6, 6.07) is 0. The highest BCUT2D eigenvalue weighted by atomic mass is 32.2. The van der Waals surface area contributed by atoms with Crippen LogP contribution in [0.2, 0.25) is 0 Å². The number of amides is 1. The Kier molecular flexibility index (Phi) is 7.63. The minimum absolute atomic E-state index is 0.0102. The first-order chi connectivity index (χ1) is 7.78. The van der Waals surface area contributed by atoms with Gasteiger partial charge in [-0.3, -0.25) is 9.00 Å². The molecule has 0 aromatic carbocycles. The molecule has 0 bridgehead atoms. The molecule has 0 aromatic heterocycles. The van der Waals surface area contributed by atoms with Crippen LogP contribution in [0.15, 0.2) is 0 Å². The number of hydrogen-bond acceptors (Lipinski definition) is 3. The van der Waals surface area contributed by atoms with Crippen molar-refractivity contribution in [1.29, 1.82) is 0 Å². The van der Waals surface area contributed by atoms with Gasteiger partial charge in [0.1, 0.15) is 0 Å². The molecule has 3 N–H and O–H groups in total. The van der Waals surface area contributed by atoms with Crippen LogP contribution in [0.5, 0.6) is 0 Å². The number of rotatable bonds is 8. The molecule has 0 radical (unpaired) electrons. The summed E-state index contributed by atoms with van der Waals surface area (Å²) in [6.07, 6.45) is 3.92. The smallest absolute Gasteiger partial charge is 0.220 e. The van der Waals surface area contributed by atoms with E-state index in [0.717, 1.165) is 12.8 Å². The van der Waals surface area contributed by atoms with Crippen molar-refractivity contribution in [1.82, 2.24) is 5.32 Å². The summed E-state index contributed by atoms with van der Waals surface area (Å²) >= 11 is 0. The van der Waals surface area contributed by atoms with Gasteiger partial charge in [-0.25, -0.2) is 0 Å². The van der Waals surface area contributed by atoms with E-state index in [1.54, 1.807) is 6.26 Å². The topological polar surface area (TPSA) is 72.2 Å². The molecule has 4 nitrogen and oxygen atoms in total. The van der Waals surface area contributed by atoms with Crippen molar-refractivity contribution in [3.63, 3.8) is 0 Å². The number of carbonyl (C=O) groups is 1. The summed E-state index contributed by atoms with van der Waals surface area (Å²) in [7, 11) is -0.882. The van der Waals surface area contributed by atoms with Crippen molar-refractivity contribution in [2.45, 2.75) is 45.3 Å². The van der Waals surface area contributed by atoms with Crippen LogP contribution < -0.4 is 11.1 Å². The molecule has 1 amide bonds. The molecule has 0 fully saturated rings. The average molecular weight is 262 g/mol. The van der Waals surface area contributed by atoms with E-state index >= 15 is 0 Å². The number of nitrogens with one attached hydrogen (secondary N) is 1. The van der Waals surface area contributed by atoms with Gasteiger partial charge in [-0.2, -0.15) is 0 Å². The van der Waals surface area contributed by atoms with Crippen molar-refractivity contribution < 1.29 is 9.00 Å². The number of carbonyl (C=O) groups excluding carboxylic acids is 1. The van der Waals surface area contributed by atoms with Crippen molar-refractivity contribution in [2.75, 3.05) is 19.3 Å². The van der Waals surface area contributed by atoms with E-state index in [0.29, 0.717) is 19.5 Å². The molecule has 102 valence electrons. The van der Waals surface area contributed by atoms with E-state index < -0.39 is 10.8 Å². The highest BCUT2D eigenvalue weighted by Crippen LogP contribution is 2.25. The molecule has 2 unspecified atom stereocenters. The third-order valence-electron chi connectivity index (χ3n) is 3.00. The predicted octanol–water partition coefficient (Wildman–Crippen LogP) is 1.02. The van der Waals surface area contributed by atoms with E-state index in [4.69, 9.17) is 5.73 Å². The summed E-state index contributed by atoms with van der Waals surface area (Å²) in [6.45, 7) is 7.25. The quantitative estimate of drug-likeness (QED) is 0.686. The van der Waals surface area contributed by atoms with Gasteiger partial charge in [-0.15, -0.1) is 0 Å². The van der Waals surface area contributed by atoms with Gasteiger partial charge in [0, 0.05) is 35.3 Å². The van der Waals surface area contributed by atoms with Crippen LogP contribution in [-0.2, 0) is 15.6 Å². The maximum atomic E-state index is 11.6. The van der Waals surface area contributed by atoms with Gasteiger partial charge in [0.25, 0.3) is 0 Å². The summed E-state index contributed by atoms with van der Waals surface area (Å²) in [5, 5.41) is 2.83. The first-order valence-electron chi connectivity index (χ1n) is 6.07. The van der Waals surface area contributed by atoms with E-state index in [1.165, 1.54) is 0 Å². The third-order valence-corrected chi connectivity index (χ3v) is 4.30. The van der Waals surface area contributed by atoms with Crippen molar-refractivity contribution in [2.24, 2.45) is 11.1 Å². The van der Waals surface area contributed by atoms with Crippen molar-refractivity contribution in [3.05, 3.63) is 0 Å². The first kappa shape index (κ1) is 16.6. The zero-order valence-electron chi connectivity index (χ0n) is 11.4. The van der Waals surface area contributed by atoms with Crippen LogP contribution in [0.3, 0.4) is 0 Å². The Balaban J connectivity index is 3.84.